The predicted molar refractivity (Wildman–Crippen MR) is 332 cm³/mol. The molecule has 2 aliphatic rings. The van der Waals surface area contributed by atoms with Crippen LogP contribution in [0.5, 0.6) is 11.5 Å². The number of halogens is 6. The fraction of sp³-hybridized carbons (Fsp3) is 0.567. The maximum Gasteiger partial charge on any atom is 0.416 e. The van der Waals surface area contributed by atoms with Crippen LogP contribution in [0, 0.1) is 0 Å². The van der Waals surface area contributed by atoms with Gasteiger partial charge in [0, 0.05) is 57.9 Å². The number of amides is 6. The van der Waals surface area contributed by atoms with Gasteiger partial charge in [0.1, 0.15) is 40.9 Å². The zero-order valence-electron chi connectivity index (χ0n) is 54.4. The van der Waals surface area contributed by atoms with Gasteiger partial charge in [0.05, 0.1) is 59.6 Å². The third-order valence-corrected chi connectivity index (χ3v) is 11.9. The second kappa shape index (κ2) is 34.5. The number of nitrogens with zero attached hydrogens (tertiary/aromatic N) is 6. The van der Waals surface area contributed by atoms with Crippen LogP contribution in [0.15, 0.2) is 46.6 Å². The number of unbranched alkanes of at least 4 members (excludes halogenated alkanes) is 2. The first-order valence-electron chi connectivity index (χ1n) is 29.4. The van der Waals surface area contributed by atoms with Gasteiger partial charge in [-0.25, -0.2) is 38.7 Å². The molecule has 522 valence electrons. The van der Waals surface area contributed by atoms with Gasteiger partial charge in [0.25, 0.3) is 0 Å². The Morgan fingerprint density at radius 3 is 1.19 bits per heavy atom. The van der Waals surface area contributed by atoms with Crippen molar-refractivity contribution in [3.8, 4) is 11.5 Å². The number of aliphatic imine (C=N–C) groups is 2. The van der Waals surface area contributed by atoms with Crippen LogP contribution in [-0.2, 0) is 40.9 Å². The lowest BCUT2D eigenvalue weighted by molar-refractivity contribution is -0.138. The molecule has 1 aromatic heterocycles. The number of alkyl halides is 6. The summed E-state index contributed by atoms with van der Waals surface area (Å²) in [4.78, 5) is 111. The van der Waals surface area contributed by atoms with Crippen molar-refractivity contribution in [1.29, 1.82) is 0 Å². The Labute approximate surface area is 539 Å². The predicted octanol–water partition coefficient (Wildman–Crippen LogP) is 10.5. The summed E-state index contributed by atoms with van der Waals surface area (Å²) in [7, 11) is 0. The molecule has 10 N–H and O–H groups in total. The summed E-state index contributed by atoms with van der Waals surface area (Å²) in [6.45, 7) is 22.4. The van der Waals surface area contributed by atoms with E-state index in [1.807, 2.05) is 0 Å². The van der Waals surface area contributed by atoms with E-state index in [0.29, 0.717) is 64.7 Å². The van der Waals surface area contributed by atoms with Crippen LogP contribution < -0.4 is 42.2 Å². The molecular weight excluding hydrogens is 1260 g/mol. The molecule has 2 atom stereocenters. The molecule has 0 bridgehead atoms. The number of likely N-dealkylation sites (tertiary alicyclic amines) is 2. The smallest absolute Gasteiger partial charge is 0.416 e. The fourth-order valence-electron chi connectivity index (χ4n) is 7.98. The van der Waals surface area contributed by atoms with Crippen LogP contribution >= 0.6 is 0 Å². The van der Waals surface area contributed by atoms with Crippen molar-refractivity contribution in [3.63, 3.8) is 0 Å². The number of ether oxygens (including phenoxy) is 6. The van der Waals surface area contributed by atoms with Crippen molar-refractivity contribution in [2.24, 2.45) is 9.98 Å². The Morgan fingerprint density at radius 2 is 0.883 bits per heavy atom. The number of carbonyl (C=O) groups is 8. The molecule has 2 aromatic carbocycles. The number of aromatic carboxylic acids is 2. The van der Waals surface area contributed by atoms with Crippen LogP contribution in [0.3, 0.4) is 0 Å². The van der Waals surface area contributed by atoms with Crippen LogP contribution in [-0.4, -0.2) is 165 Å². The highest BCUT2D eigenvalue weighted by Gasteiger charge is 2.37. The summed E-state index contributed by atoms with van der Waals surface area (Å²) in [5.74, 6) is -3.82. The number of carbonyl (C=O) groups excluding carboxylic acids is 6. The van der Waals surface area contributed by atoms with Crippen molar-refractivity contribution in [1.82, 2.24) is 30.4 Å². The number of aromatic nitrogens is 2. The van der Waals surface area contributed by atoms with Gasteiger partial charge in [-0.1, -0.05) is 0 Å². The van der Waals surface area contributed by atoms with Gasteiger partial charge in [0.2, 0.25) is 11.8 Å². The summed E-state index contributed by atoms with van der Waals surface area (Å²) in [5, 5.41) is 26.5. The first-order chi connectivity index (χ1) is 43.3. The number of carboxylic acid groups (broad SMARTS) is 2. The number of nitrogens with two attached hydrogens (primary N) is 2. The van der Waals surface area contributed by atoms with E-state index < -0.39 is 106 Å². The quantitative estimate of drug-likeness (QED) is 0.0130. The normalized spacial score (nSPS) is 15.2. The standard InChI is InChI=1S/2C27H40F3N5O6.C6H4N2O4/c2*1-25(2,3)40-23(37)33-16-32-11-8-7-9-21(36)34-20-14-17(27(28,29)30)13-19(31)22(20)39-18-10-12-35(15-18)24(38)41-26(4,5)6;9-5(10)3-1-4(6(11)12)8-2-7-3/h2*13-14,16,18H,7-12,15,31H2,1-6H3,(H,34,36)(H,32,33,37);1-2H,(H,9,10)(H,11,12)/t2*18-;/m11./s1. The zero-order valence-corrected chi connectivity index (χ0v) is 54.4. The van der Waals surface area contributed by atoms with Crippen molar-refractivity contribution in [2.75, 3.05) is 61.4 Å². The molecule has 3 aromatic rings. The van der Waals surface area contributed by atoms with Crippen molar-refractivity contribution in [3.05, 3.63) is 59.2 Å². The zero-order chi connectivity index (χ0) is 71.2. The number of hydrogen-bond donors (Lipinski definition) is 8. The largest absolute Gasteiger partial charge is 0.484 e. The SMILES string of the molecule is CC(C)(C)OC(=O)NC=NCCCCC(=O)Nc1cc(C(F)(F)F)cc(N)c1O[C@@H]1CCN(C(=O)OC(C)(C)C)C1.CC(C)(C)OC(=O)NC=NCCCCC(=O)Nc1cc(C(F)(F)F)cc(N)c1O[C@@H]1CCN(C(=O)OC(C)(C)C)C1.O=C(O)c1cc(C(=O)O)ncn1. The van der Waals surface area contributed by atoms with Gasteiger partial charge >= 0.3 is 48.7 Å². The lowest BCUT2D eigenvalue weighted by Gasteiger charge is -2.25. The van der Waals surface area contributed by atoms with E-state index >= 15 is 0 Å². The maximum absolute atomic E-state index is 13.5. The Kier molecular flexibility index (Phi) is 28.9. The summed E-state index contributed by atoms with van der Waals surface area (Å²) in [5.41, 5.74) is 5.48. The topological polar surface area (TPSA) is 390 Å². The molecule has 0 spiro atoms. The summed E-state index contributed by atoms with van der Waals surface area (Å²) in [6, 6.07) is 3.93. The third kappa shape index (κ3) is 30.4. The van der Waals surface area contributed by atoms with Crippen molar-refractivity contribution in [2.45, 2.75) is 181 Å². The molecule has 0 unspecified atom stereocenters. The average Bonchev–Trinajstić information content (AvgIpc) is 1.10. The van der Waals surface area contributed by atoms with Gasteiger partial charge < -0.3 is 70.5 Å². The highest BCUT2D eigenvalue weighted by atomic mass is 19.4. The second-order valence-electron chi connectivity index (χ2n) is 25.1. The molecular formula is C60H84F6N12O16. The molecule has 6 amide bonds. The van der Waals surface area contributed by atoms with Crippen LogP contribution in [0.2, 0.25) is 0 Å². The summed E-state index contributed by atoms with van der Waals surface area (Å²) >= 11 is 0. The number of carboxylic acids is 2. The lowest BCUT2D eigenvalue weighted by atomic mass is 10.1. The Morgan fingerprint density at radius 1 is 0.543 bits per heavy atom. The molecule has 28 nitrogen and oxygen atoms in total. The fourth-order valence-corrected chi connectivity index (χ4v) is 7.98. The average molecular weight is 1340 g/mol. The number of alkyl carbamates (subject to hydrolysis) is 2. The van der Waals surface area contributed by atoms with Crippen LogP contribution in [0.25, 0.3) is 0 Å². The summed E-state index contributed by atoms with van der Waals surface area (Å²) < 4.78 is 113. The molecule has 2 saturated heterocycles. The Hall–Kier alpha value is -9.40. The van der Waals surface area contributed by atoms with E-state index in [4.69, 9.17) is 50.1 Å². The van der Waals surface area contributed by atoms with Gasteiger partial charge in [-0.05, 0) is 133 Å². The Bertz CT molecular complexity index is 2970. The lowest BCUT2D eigenvalue weighted by Crippen LogP contribution is -2.36. The molecule has 34 heteroatoms. The molecule has 0 saturated carbocycles. The van der Waals surface area contributed by atoms with Crippen LogP contribution in [0.4, 0.5) is 68.3 Å². The van der Waals surface area contributed by atoms with E-state index in [2.05, 4.69) is 41.2 Å². The first kappa shape index (κ1) is 78.8. The molecule has 2 fully saturated rings. The number of nitrogens with one attached hydrogen (secondary N) is 4. The number of rotatable bonds is 20. The molecule has 94 heavy (non-hydrogen) atoms. The number of nitrogen functional groups attached to an aromatic ring is 2. The molecule has 0 radical (unpaired) electrons. The summed E-state index contributed by atoms with van der Waals surface area (Å²) in [6.07, 6.45) is -7.03. The van der Waals surface area contributed by atoms with E-state index in [-0.39, 0.29) is 71.6 Å². The monoisotopic (exact) mass is 1340 g/mol. The van der Waals surface area contributed by atoms with Crippen molar-refractivity contribution >= 4 is 83.6 Å². The second-order valence-corrected chi connectivity index (χ2v) is 25.1. The minimum absolute atomic E-state index is 0.000451. The van der Waals surface area contributed by atoms with Crippen LogP contribution in [0.1, 0.15) is 167 Å². The Balaban J connectivity index is 0.000000415. The van der Waals surface area contributed by atoms with E-state index in [1.54, 1.807) is 83.1 Å². The number of anilines is 4. The molecule has 2 aliphatic heterocycles. The third-order valence-electron chi connectivity index (χ3n) is 11.9. The van der Waals surface area contributed by atoms with E-state index in [9.17, 15) is 64.7 Å². The maximum atomic E-state index is 13.5. The highest BCUT2D eigenvalue weighted by Crippen LogP contribution is 2.42. The van der Waals surface area contributed by atoms with E-state index in [1.165, 1.54) is 22.5 Å². The minimum Gasteiger partial charge on any atom is -0.484 e. The number of benzene rings is 2. The highest BCUT2D eigenvalue weighted by molar-refractivity contribution is 5.95. The van der Waals surface area contributed by atoms with Gasteiger partial charge in [-0.3, -0.25) is 30.2 Å². The van der Waals surface area contributed by atoms with Crippen molar-refractivity contribution < 1.29 is 103 Å². The molecule has 0 aliphatic carbocycles. The van der Waals surface area contributed by atoms with Gasteiger partial charge in [0.15, 0.2) is 22.9 Å². The van der Waals surface area contributed by atoms with E-state index in [0.717, 1.165) is 36.7 Å². The van der Waals surface area contributed by atoms with Gasteiger partial charge in [-0.2, -0.15) is 26.3 Å². The number of hydrogen-bond acceptors (Lipinski definition) is 20. The molecule has 3 heterocycles. The first-order valence-corrected chi connectivity index (χ1v) is 29.4. The molecule has 5 rings (SSSR count). The minimum atomic E-state index is -4.70. The van der Waals surface area contributed by atoms with Gasteiger partial charge in [-0.15, -0.1) is 0 Å².